The summed E-state index contributed by atoms with van der Waals surface area (Å²) in [7, 11) is 0. The number of hydrogen-bond donors (Lipinski definition) is 2. The third-order valence-electron chi connectivity index (χ3n) is 1.50. The number of thiophene rings is 1. The van der Waals surface area contributed by atoms with Crippen LogP contribution >= 0.6 is 22.9 Å². The molecule has 0 atom stereocenters. The lowest BCUT2D eigenvalue weighted by atomic mass is 10.3. The van der Waals surface area contributed by atoms with E-state index >= 15 is 0 Å². The molecule has 1 heterocycles. The molecule has 13 heavy (non-hydrogen) atoms. The maximum Gasteiger partial charge on any atom is 0.262 e. The van der Waals surface area contributed by atoms with E-state index in [0.717, 1.165) is 5.56 Å². The summed E-state index contributed by atoms with van der Waals surface area (Å²) in [5.41, 5.74) is 0.904. The zero-order chi connectivity index (χ0) is 9.84. The van der Waals surface area contributed by atoms with Crippen molar-refractivity contribution >= 4 is 28.8 Å². The quantitative estimate of drug-likeness (QED) is 0.808. The van der Waals surface area contributed by atoms with Crippen LogP contribution in [0.15, 0.2) is 5.38 Å². The zero-order valence-electron chi connectivity index (χ0n) is 7.13. The number of hydrogen-bond acceptors (Lipinski definition) is 3. The number of carbonyl (C=O) groups excluding carboxylic acids is 1. The van der Waals surface area contributed by atoms with Crippen LogP contribution in [0.2, 0.25) is 5.02 Å². The molecule has 5 heteroatoms. The number of aliphatic hydroxyl groups excluding tert-OH is 1. The average molecular weight is 220 g/mol. The summed E-state index contributed by atoms with van der Waals surface area (Å²) in [4.78, 5) is 11.8. The summed E-state index contributed by atoms with van der Waals surface area (Å²) in [6, 6.07) is 0. The molecule has 1 rings (SSSR count). The Bertz CT molecular complexity index is 311. The predicted molar refractivity (Wildman–Crippen MR) is 53.5 cm³/mol. The van der Waals surface area contributed by atoms with Gasteiger partial charge in [0.05, 0.1) is 11.6 Å². The highest BCUT2D eigenvalue weighted by Gasteiger charge is 2.13. The minimum absolute atomic E-state index is 0.0618. The molecule has 0 unspecified atom stereocenters. The maximum atomic E-state index is 11.3. The van der Waals surface area contributed by atoms with E-state index in [0.29, 0.717) is 9.90 Å². The van der Waals surface area contributed by atoms with Crippen LogP contribution in [0.3, 0.4) is 0 Å². The minimum Gasteiger partial charge on any atom is -0.395 e. The topological polar surface area (TPSA) is 49.3 Å². The largest absolute Gasteiger partial charge is 0.395 e. The number of carbonyl (C=O) groups is 1. The molecule has 0 bridgehead atoms. The van der Waals surface area contributed by atoms with Crippen LogP contribution in [-0.4, -0.2) is 24.2 Å². The van der Waals surface area contributed by atoms with Crippen molar-refractivity contribution in [3.8, 4) is 0 Å². The van der Waals surface area contributed by atoms with Gasteiger partial charge in [-0.2, -0.15) is 0 Å². The molecule has 1 aromatic heterocycles. The standard InChI is InChI=1S/C8H10ClNO2S/c1-5-4-13-7(6(5)9)8(12)10-2-3-11/h4,11H,2-3H2,1H3,(H,10,12). The molecule has 1 aromatic rings. The molecular weight excluding hydrogens is 210 g/mol. The van der Waals surface area contributed by atoms with Crippen LogP contribution in [-0.2, 0) is 0 Å². The highest BCUT2D eigenvalue weighted by molar-refractivity contribution is 7.13. The molecule has 0 aliphatic rings. The number of rotatable bonds is 3. The van der Waals surface area contributed by atoms with E-state index in [1.807, 2.05) is 12.3 Å². The van der Waals surface area contributed by atoms with Crippen molar-refractivity contribution in [3.05, 3.63) is 20.8 Å². The van der Waals surface area contributed by atoms with Crippen LogP contribution in [0.4, 0.5) is 0 Å². The number of aliphatic hydroxyl groups is 1. The Labute approximate surface area is 85.3 Å². The lowest BCUT2D eigenvalue weighted by Gasteiger charge is -2.00. The van der Waals surface area contributed by atoms with Gasteiger partial charge in [0.25, 0.3) is 5.91 Å². The van der Waals surface area contributed by atoms with Gasteiger partial charge in [0.2, 0.25) is 0 Å². The molecule has 0 aliphatic heterocycles. The van der Waals surface area contributed by atoms with Gasteiger partial charge in [-0.05, 0) is 17.9 Å². The van der Waals surface area contributed by atoms with Crippen LogP contribution < -0.4 is 5.32 Å². The Hall–Kier alpha value is -0.580. The molecule has 3 nitrogen and oxygen atoms in total. The molecule has 0 aromatic carbocycles. The van der Waals surface area contributed by atoms with Crippen molar-refractivity contribution in [1.29, 1.82) is 0 Å². The van der Waals surface area contributed by atoms with Gasteiger partial charge in [-0.3, -0.25) is 4.79 Å². The van der Waals surface area contributed by atoms with E-state index in [1.165, 1.54) is 11.3 Å². The number of aryl methyl sites for hydroxylation is 1. The van der Waals surface area contributed by atoms with Gasteiger partial charge in [0.1, 0.15) is 4.88 Å². The summed E-state index contributed by atoms with van der Waals surface area (Å²) in [6.45, 7) is 2.04. The second kappa shape index (κ2) is 4.60. The molecule has 0 aliphatic carbocycles. The smallest absolute Gasteiger partial charge is 0.262 e. The zero-order valence-corrected chi connectivity index (χ0v) is 8.71. The first-order chi connectivity index (χ1) is 6.16. The van der Waals surface area contributed by atoms with Gasteiger partial charge < -0.3 is 10.4 Å². The van der Waals surface area contributed by atoms with Crippen molar-refractivity contribution in [3.63, 3.8) is 0 Å². The van der Waals surface area contributed by atoms with E-state index in [4.69, 9.17) is 16.7 Å². The van der Waals surface area contributed by atoms with Crippen LogP contribution in [0.25, 0.3) is 0 Å². The fourth-order valence-corrected chi connectivity index (χ4v) is 2.03. The fourth-order valence-electron chi connectivity index (χ4n) is 0.833. The molecule has 72 valence electrons. The predicted octanol–water partition coefficient (Wildman–Crippen LogP) is 1.43. The van der Waals surface area contributed by atoms with Gasteiger partial charge in [0, 0.05) is 6.54 Å². The molecule has 0 saturated heterocycles. The Morgan fingerprint density at radius 2 is 2.46 bits per heavy atom. The first-order valence-corrected chi connectivity index (χ1v) is 5.05. The van der Waals surface area contributed by atoms with Gasteiger partial charge in [0.15, 0.2) is 0 Å². The van der Waals surface area contributed by atoms with E-state index in [9.17, 15) is 4.79 Å². The van der Waals surface area contributed by atoms with E-state index < -0.39 is 0 Å². The SMILES string of the molecule is Cc1csc(C(=O)NCCO)c1Cl. The summed E-state index contributed by atoms with van der Waals surface area (Å²) in [5.74, 6) is -0.225. The van der Waals surface area contributed by atoms with Crippen LogP contribution in [0.5, 0.6) is 0 Å². The van der Waals surface area contributed by atoms with Gasteiger partial charge in [-0.25, -0.2) is 0 Å². The Balaban J connectivity index is 2.71. The van der Waals surface area contributed by atoms with Gasteiger partial charge >= 0.3 is 0 Å². The fraction of sp³-hybridized carbons (Fsp3) is 0.375. The Morgan fingerprint density at radius 3 is 2.92 bits per heavy atom. The normalized spacial score (nSPS) is 10.1. The van der Waals surface area contributed by atoms with Crippen LogP contribution in [0, 0.1) is 6.92 Å². The number of amides is 1. The summed E-state index contributed by atoms with van der Waals surface area (Å²) < 4.78 is 0. The Kier molecular flexibility index (Phi) is 3.71. The summed E-state index contributed by atoms with van der Waals surface area (Å²) in [6.07, 6.45) is 0. The maximum absolute atomic E-state index is 11.3. The van der Waals surface area contributed by atoms with E-state index in [1.54, 1.807) is 0 Å². The first kappa shape index (κ1) is 10.5. The van der Waals surface area contributed by atoms with E-state index in [-0.39, 0.29) is 19.1 Å². The number of halogens is 1. The molecule has 2 N–H and O–H groups in total. The van der Waals surface area contributed by atoms with Crippen molar-refractivity contribution < 1.29 is 9.90 Å². The molecule has 0 spiro atoms. The molecule has 0 fully saturated rings. The Morgan fingerprint density at radius 1 is 1.77 bits per heavy atom. The summed E-state index contributed by atoms with van der Waals surface area (Å²) >= 11 is 7.18. The minimum atomic E-state index is -0.225. The van der Waals surface area contributed by atoms with E-state index in [2.05, 4.69) is 5.32 Å². The molecule has 0 radical (unpaired) electrons. The molecule has 0 saturated carbocycles. The highest BCUT2D eigenvalue weighted by atomic mass is 35.5. The van der Waals surface area contributed by atoms with Crippen molar-refractivity contribution in [2.24, 2.45) is 0 Å². The van der Waals surface area contributed by atoms with Gasteiger partial charge in [-0.1, -0.05) is 11.6 Å². The second-order valence-corrected chi connectivity index (χ2v) is 3.80. The second-order valence-electron chi connectivity index (χ2n) is 2.54. The van der Waals surface area contributed by atoms with Crippen molar-refractivity contribution in [2.75, 3.05) is 13.2 Å². The monoisotopic (exact) mass is 219 g/mol. The average Bonchev–Trinajstić information content (AvgIpc) is 2.44. The molecular formula is C8H10ClNO2S. The lowest BCUT2D eigenvalue weighted by Crippen LogP contribution is -2.25. The third-order valence-corrected chi connectivity index (χ3v) is 3.20. The van der Waals surface area contributed by atoms with Gasteiger partial charge in [-0.15, -0.1) is 11.3 Å². The summed E-state index contributed by atoms with van der Waals surface area (Å²) in [5, 5.41) is 13.4. The third kappa shape index (κ3) is 2.43. The lowest BCUT2D eigenvalue weighted by molar-refractivity contribution is 0.0949. The van der Waals surface area contributed by atoms with Crippen molar-refractivity contribution in [2.45, 2.75) is 6.92 Å². The highest BCUT2D eigenvalue weighted by Crippen LogP contribution is 2.26. The van der Waals surface area contributed by atoms with Crippen molar-refractivity contribution in [1.82, 2.24) is 5.32 Å². The van der Waals surface area contributed by atoms with Crippen LogP contribution in [0.1, 0.15) is 15.2 Å². The molecule has 1 amide bonds. The first-order valence-electron chi connectivity index (χ1n) is 3.79. The number of nitrogens with one attached hydrogen (secondary N) is 1.